The predicted octanol–water partition coefficient (Wildman–Crippen LogP) is -0.827. The molecule has 0 heterocycles. The van der Waals surface area contributed by atoms with Crippen LogP contribution in [0.4, 0.5) is 0 Å². The van der Waals surface area contributed by atoms with Crippen LogP contribution < -0.4 is 5.73 Å². The molecule has 0 aromatic carbocycles. The number of primary amides is 1. The number of carbonyl (C=O) groups excluding carboxylic acids is 4. The maximum absolute atomic E-state index is 11.3. The third kappa shape index (κ3) is 5.64. The molecule has 2 N–H and O–H groups in total. The molecule has 0 rings (SSSR count). The van der Waals surface area contributed by atoms with E-state index in [-0.39, 0.29) is 19.3 Å². The van der Waals surface area contributed by atoms with Crippen molar-refractivity contribution in [3.8, 4) is 0 Å². The Hall–Kier alpha value is -1.92. The van der Waals surface area contributed by atoms with Gasteiger partial charge in [0.2, 0.25) is 11.7 Å². The molecule has 0 aromatic heterocycles. The Bertz CT molecular complexity index is 325. The maximum Gasteiger partial charge on any atom is 0.374 e. The first-order chi connectivity index (χ1) is 7.92. The van der Waals surface area contributed by atoms with Gasteiger partial charge in [0.15, 0.2) is 0 Å². The molecule has 1 amide bonds. The minimum Gasteiger partial charge on any atom is -0.469 e. The van der Waals surface area contributed by atoms with Gasteiger partial charge < -0.3 is 15.2 Å². The third-order valence-corrected chi connectivity index (χ3v) is 2.12. The summed E-state index contributed by atoms with van der Waals surface area (Å²) in [6, 6.07) is 0. The van der Waals surface area contributed by atoms with E-state index in [2.05, 4.69) is 9.47 Å². The van der Waals surface area contributed by atoms with Crippen molar-refractivity contribution in [1.82, 2.24) is 0 Å². The molecule has 0 radical (unpaired) electrons. The highest BCUT2D eigenvalue weighted by Crippen LogP contribution is 2.14. The van der Waals surface area contributed by atoms with E-state index in [1.165, 1.54) is 0 Å². The van der Waals surface area contributed by atoms with Crippen molar-refractivity contribution in [2.24, 2.45) is 11.7 Å². The largest absolute Gasteiger partial charge is 0.469 e. The first-order valence-electron chi connectivity index (χ1n) is 4.89. The van der Waals surface area contributed by atoms with Crippen LogP contribution in [-0.4, -0.2) is 37.8 Å². The van der Waals surface area contributed by atoms with E-state index in [0.717, 1.165) is 14.2 Å². The van der Waals surface area contributed by atoms with E-state index < -0.39 is 29.5 Å². The zero-order valence-corrected chi connectivity index (χ0v) is 9.73. The number of methoxy groups -OCH3 is 2. The van der Waals surface area contributed by atoms with Crippen molar-refractivity contribution in [2.45, 2.75) is 19.3 Å². The Morgan fingerprint density at radius 3 is 2.12 bits per heavy atom. The van der Waals surface area contributed by atoms with Crippen LogP contribution in [0.3, 0.4) is 0 Å². The highest BCUT2D eigenvalue weighted by atomic mass is 16.5. The Labute approximate surface area is 98.2 Å². The van der Waals surface area contributed by atoms with E-state index in [1.54, 1.807) is 0 Å². The quantitative estimate of drug-likeness (QED) is 0.463. The summed E-state index contributed by atoms with van der Waals surface area (Å²) in [6.07, 6.45) is -0.356. The van der Waals surface area contributed by atoms with E-state index in [1.807, 2.05) is 0 Å². The van der Waals surface area contributed by atoms with Crippen molar-refractivity contribution in [3.05, 3.63) is 0 Å². The molecule has 0 saturated carbocycles. The smallest absolute Gasteiger partial charge is 0.374 e. The number of esters is 2. The molecule has 0 aromatic rings. The molecule has 0 aliphatic rings. The fourth-order valence-electron chi connectivity index (χ4n) is 1.21. The van der Waals surface area contributed by atoms with E-state index in [4.69, 9.17) is 5.73 Å². The molecule has 7 heteroatoms. The van der Waals surface area contributed by atoms with Crippen molar-refractivity contribution in [3.63, 3.8) is 0 Å². The van der Waals surface area contributed by atoms with Gasteiger partial charge in [-0.15, -0.1) is 0 Å². The lowest BCUT2D eigenvalue weighted by atomic mass is 9.97. The normalized spacial score (nSPS) is 11.4. The zero-order chi connectivity index (χ0) is 13.4. The van der Waals surface area contributed by atoms with Crippen LogP contribution in [0.25, 0.3) is 0 Å². The number of Topliss-reactive ketones (excluding diaryl/α,β-unsaturated/α-hetero) is 1. The first-order valence-corrected chi connectivity index (χ1v) is 4.89. The second kappa shape index (κ2) is 7.37. The van der Waals surface area contributed by atoms with Gasteiger partial charge in [0.25, 0.3) is 0 Å². The summed E-state index contributed by atoms with van der Waals surface area (Å²) < 4.78 is 8.68. The van der Waals surface area contributed by atoms with Crippen molar-refractivity contribution >= 4 is 23.6 Å². The average molecular weight is 245 g/mol. The van der Waals surface area contributed by atoms with Crippen LogP contribution in [0.15, 0.2) is 0 Å². The number of hydrogen-bond acceptors (Lipinski definition) is 6. The number of amides is 1. The van der Waals surface area contributed by atoms with Crippen LogP contribution >= 0.6 is 0 Å². The molecule has 7 nitrogen and oxygen atoms in total. The molecule has 1 unspecified atom stereocenters. The SMILES string of the molecule is COC(=O)C(=O)CC(CCC(N)=O)C(=O)OC. The van der Waals surface area contributed by atoms with Crippen LogP contribution in [0.5, 0.6) is 0 Å². The van der Waals surface area contributed by atoms with Crippen molar-refractivity contribution < 1.29 is 28.7 Å². The van der Waals surface area contributed by atoms with Crippen LogP contribution in [0.1, 0.15) is 19.3 Å². The van der Waals surface area contributed by atoms with Gasteiger partial charge in [-0.05, 0) is 6.42 Å². The van der Waals surface area contributed by atoms with Gasteiger partial charge in [-0.2, -0.15) is 0 Å². The number of hydrogen-bond donors (Lipinski definition) is 1. The molecule has 0 aliphatic heterocycles. The summed E-state index contributed by atoms with van der Waals surface area (Å²) in [6.45, 7) is 0. The van der Waals surface area contributed by atoms with E-state index in [9.17, 15) is 19.2 Å². The minimum atomic E-state index is -1.03. The second-order valence-corrected chi connectivity index (χ2v) is 3.34. The lowest BCUT2D eigenvalue weighted by molar-refractivity contribution is -0.154. The van der Waals surface area contributed by atoms with Gasteiger partial charge in [0.1, 0.15) is 0 Å². The standard InChI is InChI=1S/C10H15NO6/c1-16-9(14)6(3-4-8(11)13)5-7(12)10(15)17-2/h6H,3-5H2,1-2H3,(H2,11,13). The average Bonchev–Trinajstić information content (AvgIpc) is 2.31. The number of carbonyl (C=O) groups is 4. The summed E-state index contributed by atoms with van der Waals surface area (Å²) in [7, 11) is 2.22. The summed E-state index contributed by atoms with van der Waals surface area (Å²) in [5, 5.41) is 0. The first kappa shape index (κ1) is 15.1. The topological polar surface area (TPSA) is 113 Å². The van der Waals surface area contributed by atoms with E-state index in [0.29, 0.717) is 0 Å². The van der Waals surface area contributed by atoms with Crippen LogP contribution in [-0.2, 0) is 28.7 Å². The Morgan fingerprint density at radius 2 is 1.71 bits per heavy atom. The second-order valence-electron chi connectivity index (χ2n) is 3.34. The predicted molar refractivity (Wildman–Crippen MR) is 55.6 cm³/mol. The van der Waals surface area contributed by atoms with Gasteiger partial charge in [-0.1, -0.05) is 0 Å². The molecule has 0 fully saturated rings. The number of ether oxygens (including phenoxy) is 2. The highest BCUT2D eigenvalue weighted by molar-refractivity contribution is 6.33. The molecule has 0 spiro atoms. The molecule has 0 saturated heterocycles. The maximum atomic E-state index is 11.3. The summed E-state index contributed by atoms with van der Waals surface area (Å²) >= 11 is 0. The van der Waals surface area contributed by atoms with Gasteiger partial charge >= 0.3 is 11.9 Å². The van der Waals surface area contributed by atoms with Gasteiger partial charge in [-0.3, -0.25) is 14.4 Å². The van der Waals surface area contributed by atoms with Crippen molar-refractivity contribution in [1.29, 1.82) is 0 Å². The molecule has 17 heavy (non-hydrogen) atoms. The molecule has 96 valence electrons. The fraction of sp³-hybridized carbons (Fsp3) is 0.600. The highest BCUT2D eigenvalue weighted by Gasteiger charge is 2.26. The zero-order valence-electron chi connectivity index (χ0n) is 9.73. The van der Waals surface area contributed by atoms with Gasteiger partial charge in [0.05, 0.1) is 20.1 Å². The number of ketones is 1. The van der Waals surface area contributed by atoms with Crippen molar-refractivity contribution in [2.75, 3.05) is 14.2 Å². The molecule has 0 aliphatic carbocycles. The van der Waals surface area contributed by atoms with Crippen LogP contribution in [0.2, 0.25) is 0 Å². The lowest BCUT2D eigenvalue weighted by Crippen LogP contribution is -2.26. The Morgan fingerprint density at radius 1 is 1.12 bits per heavy atom. The monoisotopic (exact) mass is 245 g/mol. The molecule has 0 bridgehead atoms. The lowest BCUT2D eigenvalue weighted by Gasteiger charge is -2.11. The van der Waals surface area contributed by atoms with Gasteiger partial charge in [0, 0.05) is 12.8 Å². The van der Waals surface area contributed by atoms with Crippen LogP contribution in [0, 0.1) is 5.92 Å². The molecular formula is C10H15NO6. The summed E-state index contributed by atoms with van der Waals surface area (Å²) in [5.41, 5.74) is 4.93. The van der Waals surface area contributed by atoms with E-state index >= 15 is 0 Å². The molecule has 1 atom stereocenters. The fourth-order valence-corrected chi connectivity index (χ4v) is 1.21. The summed E-state index contributed by atoms with van der Waals surface area (Å²) in [4.78, 5) is 44.0. The minimum absolute atomic E-state index is 0.0603. The molecular weight excluding hydrogens is 230 g/mol. The number of nitrogens with two attached hydrogens (primary N) is 1. The Kier molecular flexibility index (Phi) is 6.54. The summed E-state index contributed by atoms with van der Waals surface area (Å²) in [5.74, 6) is -3.99. The Balaban J connectivity index is 4.48. The number of rotatable bonds is 7. The van der Waals surface area contributed by atoms with Gasteiger partial charge in [-0.25, -0.2) is 4.79 Å². The third-order valence-electron chi connectivity index (χ3n) is 2.12.